The number of nitrogens with two attached hydrogens (primary N) is 1. The number of rotatable bonds is 19. The number of aromatic nitrogens is 1. The van der Waals surface area contributed by atoms with Crippen molar-refractivity contribution in [1.29, 1.82) is 5.41 Å². The number of nitro benzene ring substituents is 6. The Labute approximate surface area is 345 Å². The van der Waals surface area contributed by atoms with E-state index in [9.17, 15) is 66.1 Å². The quantitative estimate of drug-likeness (QED) is 0.0359. The number of nitrogens with one attached hydrogen (secondary N) is 1. The summed E-state index contributed by atoms with van der Waals surface area (Å²) in [7, 11) is 0. The zero-order valence-electron chi connectivity index (χ0n) is 31.4. The van der Waals surface area contributed by atoms with E-state index in [-0.39, 0.29) is 24.4 Å². The van der Waals surface area contributed by atoms with Crippen LogP contribution in [-0.2, 0) is 6.42 Å². The van der Waals surface area contributed by atoms with E-state index in [1.165, 1.54) is 0 Å². The lowest BCUT2D eigenvalue weighted by atomic mass is 9.88. The van der Waals surface area contributed by atoms with Crippen molar-refractivity contribution < 1.29 is 39.2 Å². The third-order valence-corrected chi connectivity index (χ3v) is 9.90. The number of nitrogens with zero attached hydrogens (tertiary/aromatic N) is 9. The maximum Gasteiger partial charge on any atom is 0.328 e. The first-order valence-corrected chi connectivity index (χ1v) is 18.3. The van der Waals surface area contributed by atoms with E-state index in [0.29, 0.717) is 45.0 Å². The standard InChI is InChI=1S/C35H31N11O14S/c1-21-31(61-34(36)38-21)13-8-15-39(59-32-27(43(51)52)17-24(41(47)48)18-28(32)44(53)54)35(37)40(16-14-26(22-9-4-2-5-10-22)23-11-6-3-7-12-23)60-33-29(45(55)56)19-25(42(49)50)20-30(33)46(57)58/h2-7,9-12,17-20,26,37H,8,13-16H2,1H3,(H2,36,38). The summed E-state index contributed by atoms with van der Waals surface area (Å²) in [4.78, 5) is 81.8. The smallest absolute Gasteiger partial charge is 0.328 e. The van der Waals surface area contributed by atoms with Gasteiger partial charge in [-0.15, -0.1) is 11.3 Å². The Hall–Kier alpha value is -8.42. The van der Waals surface area contributed by atoms with Crippen LogP contribution in [-0.4, -0.2) is 63.7 Å². The Kier molecular flexibility index (Phi) is 13.5. The highest BCUT2D eigenvalue weighted by Gasteiger charge is 2.38. The molecular weight excluding hydrogens is 831 g/mol. The molecule has 0 aliphatic rings. The van der Waals surface area contributed by atoms with Crippen molar-refractivity contribution >= 4 is 56.6 Å². The van der Waals surface area contributed by atoms with Gasteiger partial charge in [0.25, 0.3) is 17.3 Å². The van der Waals surface area contributed by atoms with Gasteiger partial charge >= 0.3 is 34.2 Å². The monoisotopic (exact) mass is 861 g/mol. The number of hydrogen-bond acceptors (Lipinski definition) is 18. The molecular formula is C35H31N11O14S. The summed E-state index contributed by atoms with van der Waals surface area (Å²) in [6.07, 6.45) is 0.125. The minimum absolute atomic E-state index is 0.0121. The Morgan fingerprint density at radius 2 is 1.07 bits per heavy atom. The van der Waals surface area contributed by atoms with Crippen LogP contribution < -0.4 is 15.4 Å². The molecule has 0 fully saturated rings. The predicted molar refractivity (Wildman–Crippen MR) is 214 cm³/mol. The summed E-state index contributed by atoms with van der Waals surface area (Å²) in [5, 5.41) is 83.1. The first-order chi connectivity index (χ1) is 29.0. The number of hydrogen-bond donors (Lipinski definition) is 2. The van der Waals surface area contributed by atoms with Crippen molar-refractivity contribution in [1.82, 2.24) is 15.1 Å². The molecule has 26 heteroatoms. The summed E-state index contributed by atoms with van der Waals surface area (Å²) in [5.41, 5.74) is 0.743. The van der Waals surface area contributed by atoms with Crippen LogP contribution >= 0.6 is 11.3 Å². The summed E-state index contributed by atoms with van der Waals surface area (Å²) in [6.45, 7) is 0.692. The Balaban J connectivity index is 1.68. The number of nitrogen functional groups attached to an aromatic ring is 1. The normalized spacial score (nSPS) is 10.8. The van der Waals surface area contributed by atoms with E-state index in [0.717, 1.165) is 22.5 Å². The Morgan fingerprint density at radius 1 is 0.672 bits per heavy atom. The van der Waals surface area contributed by atoms with E-state index >= 15 is 0 Å². The molecule has 1 heterocycles. The SMILES string of the molecule is Cc1nc(N)sc1CCCN(Oc1c([N+](=O)[O-])cc([N+](=O)[O-])cc1[N+](=O)[O-])C(=N)N(CCC(c1ccccc1)c1ccccc1)Oc1c([N+](=O)[O-])cc([N+](=O)[O-])cc1[N+](=O)[O-]. The van der Waals surface area contributed by atoms with Gasteiger partial charge in [0.1, 0.15) is 0 Å². The van der Waals surface area contributed by atoms with Crippen LogP contribution in [0.4, 0.5) is 39.3 Å². The topological polar surface area (TPSA) is 347 Å². The molecule has 0 saturated heterocycles. The molecule has 5 rings (SSSR count). The van der Waals surface area contributed by atoms with Crippen LogP contribution in [0.3, 0.4) is 0 Å². The van der Waals surface area contributed by atoms with Gasteiger partial charge in [0.2, 0.25) is 0 Å². The van der Waals surface area contributed by atoms with E-state index in [2.05, 4.69) is 4.98 Å². The second-order valence-corrected chi connectivity index (χ2v) is 13.8. The molecule has 0 unspecified atom stereocenters. The number of guanidine groups is 1. The fourth-order valence-corrected chi connectivity index (χ4v) is 6.93. The van der Waals surface area contributed by atoms with Crippen molar-refractivity contribution in [3.05, 3.63) is 167 Å². The molecule has 5 aromatic rings. The molecule has 4 aromatic carbocycles. The average molecular weight is 862 g/mol. The lowest BCUT2D eigenvalue weighted by molar-refractivity contribution is -0.405. The summed E-state index contributed by atoms with van der Waals surface area (Å²) in [6, 6.07) is 19.3. The van der Waals surface area contributed by atoms with Crippen molar-refractivity contribution in [2.24, 2.45) is 0 Å². The molecule has 0 aliphatic carbocycles. The molecule has 0 amide bonds. The number of non-ortho nitro benzene ring substituents is 2. The molecule has 0 aliphatic heterocycles. The second-order valence-electron chi connectivity index (χ2n) is 12.7. The molecule has 0 bridgehead atoms. The van der Waals surface area contributed by atoms with Crippen LogP contribution in [0, 0.1) is 73.0 Å². The lowest BCUT2D eigenvalue weighted by Crippen LogP contribution is -2.48. The number of anilines is 1. The van der Waals surface area contributed by atoms with E-state index in [1.54, 1.807) is 67.6 Å². The fourth-order valence-electron chi connectivity index (χ4n) is 6.05. The molecule has 316 valence electrons. The Morgan fingerprint density at radius 3 is 1.41 bits per heavy atom. The van der Waals surface area contributed by atoms with E-state index < -0.39 is 100 Å². The van der Waals surface area contributed by atoms with Crippen LogP contribution in [0.15, 0.2) is 84.9 Å². The van der Waals surface area contributed by atoms with Gasteiger partial charge < -0.3 is 15.4 Å². The average Bonchev–Trinajstić information content (AvgIpc) is 3.55. The second kappa shape index (κ2) is 18.9. The number of aryl methyl sites for hydroxylation is 2. The summed E-state index contributed by atoms with van der Waals surface area (Å²) < 4.78 is 0. The molecule has 25 nitrogen and oxygen atoms in total. The minimum Gasteiger partial charge on any atom is -0.375 e. The van der Waals surface area contributed by atoms with Crippen molar-refractivity contribution in [2.75, 3.05) is 18.8 Å². The molecule has 0 saturated carbocycles. The van der Waals surface area contributed by atoms with Crippen molar-refractivity contribution in [3.63, 3.8) is 0 Å². The number of thiazole rings is 1. The predicted octanol–water partition coefficient (Wildman–Crippen LogP) is 7.16. The third-order valence-electron chi connectivity index (χ3n) is 8.85. The first-order valence-electron chi connectivity index (χ1n) is 17.5. The van der Waals surface area contributed by atoms with Gasteiger partial charge in [-0.2, -0.15) is 10.1 Å². The summed E-state index contributed by atoms with van der Waals surface area (Å²) >= 11 is 1.12. The number of benzene rings is 4. The van der Waals surface area contributed by atoms with Crippen LogP contribution in [0.2, 0.25) is 0 Å². The van der Waals surface area contributed by atoms with Gasteiger partial charge in [0, 0.05) is 10.8 Å². The largest absolute Gasteiger partial charge is 0.375 e. The minimum atomic E-state index is -1.26. The molecule has 0 radical (unpaired) electrons. The van der Waals surface area contributed by atoms with Gasteiger partial charge in [-0.25, -0.2) is 4.98 Å². The highest BCUT2D eigenvalue weighted by molar-refractivity contribution is 7.15. The first kappa shape index (κ1) is 43.7. The van der Waals surface area contributed by atoms with Crippen molar-refractivity contribution in [3.8, 4) is 11.5 Å². The summed E-state index contributed by atoms with van der Waals surface area (Å²) in [5.74, 6) is -3.84. The highest BCUT2D eigenvalue weighted by atomic mass is 32.1. The van der Waals surface area contributed by atoms with Crippen LogP contribution in [0.5, 0.6) is 11.5 Å². The maximum absolute atomic E-state index is 12.3. The Bertz CT molecular complexity index is 2420. The van der Waals surface area contributed by atoms with E-state index in [4.69, 9.17) is 15.4 Å². The zero-order chi connectivity index (χ0) is 44.5. The maximum atomic E-state index is 12.3. The lowest BCUT2D eigenvalue weighted by Gasteiger charge is -2.32. The van der Waals surface area contributed by atoms with Gasteiger partial charge in [-0.05, 0) is 37.3 Å². The number of nitro groups is 6. The molecule has 0 spiro atoms. The highest BCUT2D eigenvalue weighted by Crippen LogP contribution is 2.43. The fraction of sp³-hybridized carbons (Fsp3) is 0.200. The third kappa shape index (κ3) is 10.4. The molecule has 3 N–H and O–H groups in total. The van der Waals surface area contributed by atoms with E-state index in [1.807, 2.05) is 0 Å². The van der Waals surface area contributed by atoms with Gasteiger partial charge in [0.05, 0.1) is 72.6 Å². The van der Waals surface area contributed by atoms with Crippen LogP contribution in [0.25, 0.3) is 0 Å². The number of hydroxylamine groups is 4. The van der Waals surface area contributed by atoms with Gasteiger partial charge in [-0.3, -0.25) is 66.1 Å². The van der Waals surface area contributed by atoms with Gasteiger partial charge in [0.15, 0.2) is 5.13 Å². The molecule has 0 atom stereocenters. The van der Waals surface area contributed by atoms with Crippen LogP contribution in [0.1, 0.15) is 40.5 Å². The molecule has 1 aromatic heterocycles. The zero-order valence-corrected chi connectivity index (χ0v) is 32.2. The van der Waals surface area contributed by atoms with Gasteiger partial charge in [-0.1, -0.05) is 60.7 Å². The van der Waals surface area contributed by atoms with Crippen molar-refractivity contribution in [2.45, 2.75) is 32.1 Å². The molecule has 61 heavy (non-hydrogen) atoms.